The van der Waals surface area contributed by atoms with Gasteiger partial charge in [0.1, 0.15) is 41.3 Å². The smallest absolute Gasteiger partial charge is 0.142 e. The van der Waals surface area contributed by atoms with Gasteiger partial charge in [0, 0.05) is 29.6 Å². The number of hydrogen-bond donors (Lipinski definition) is 2. The zero-order valence-electron chi connectivity index (χ0n) is 19.0. The summed E-state index contributed by atoms with van der Waals surface area (Å²) in [5, 5.41) is 17.5. The Morgan fingerprint density at radius 3 is 2.74 bits per heavy atom. The summed E-state index contributed by atoms with van der Waals surface area (Å²) < 4.78 is 19.2. The SMILES string of the molecule is OC(COc1ccc(F)c(Cl)c1)CN(c1ncnc2scc(-c3ccccc3)c12)C1CCNCC1. The minimum atomic E-state index is -0.794. The molecule has 2 aromatic heterocycles. The van der Waals surface area contributed by atoms with Gasteiger partial charge in [-0.25, -0.2) is 14.4 Å². The normalized spacial score (nSPS) is 15.3. The van der Waals surface area contributed by atoms with Crippen LogP contribution in [0.15, 0.2) is 60.2 Å². The quantitative estimate of drug-likeness (QED) is 0.340. The van der Waals surface area contributed by atoms with E-state index in [1.54, 1.807) is 17.7 Å². The van der Waals surface area contributed by atoms with Gasteiger partial charge in [0.2, 0.25) is 0 Å². The lowest BCUT2D eigenvalue weighted by Gasteiger charge is -2.37. The summed E-state index contributed by atoms with van der Waals surface area (Å²) in [4.78, 5) is 12.4. The van der Waals surface area contributed by atoms with Crippen molar-refractivity contribution >= 4 is 39.0 Å². The number of aliphatic hydroxyl groups is 1. The topological polar surface area (TPSA) is 70.5 Å². The predicted octanol–water partition coefficient (Wildman–Crippen LogP) is 5.15. The van der Waals surface area contributed by atoms with E-state index < -0.39 is 11.9 Å². The van der Waals surface area contributed by atoms with E-state index >= 15 is 0 Å². The van der Waals surface area contributed by atoms with E-state index in [4.69, 9.17) is 21.3 Å². The first kappa shape index (κ1) is 23.9. The highest BCUT2D eigenvalue weighted by Crippen LogP contribution is 2.39. The molecule has 3 heterocycles. The monoisotopic (exact) mass is 512 g/mol. The van der Waals surface area contributed by atoms with E-state index in [1.807, 2.05) is 18.2 Å². The molecule has 0 saturated carbocycles. The molecule has 1 fully saturated rings. The second kappa shape index (κ2) is 10.9. The summed E-state index contributed by atoms with van der Waals surface area (Å²) in [6.45, 7) is 2.21. The molecule has 1 aliphatic rings. The van der Waals surface area contributed by atoms with Gasteiger partial charge in [-0.1, -0.05) is 41.9 Å². The first-order valence-corrected chi connectivity index (χ1v) is 12.9. The molecule has 0 bridgehead atoms. The fourth-order valence-electron chi connectivity index (χ4n) is 4.47. The van der Waals surface area contributed by atoms with Gasteiger partial charge in [-0.05, 0) is 43.6 Å². The van der Waals surface area contributed by atoms with Crippen molar-refractivity contribution in [3.05, 3.63) is 71.1 Å². The van der Waals surface area contributed by atoms with E-state index in [1.165, 1.54) is 18.2 Å². The summed E-state index contributed by atoms with van der Waals surface area (Å²) in [5.41, 5.74) is 2.20. The fourth-order valence-corrected chi connectivity index (χ4v) is 5.55. The average Bonchev–Trinajstić information content (AvgIpc) is 3.34. The van der Waals surface area contributed by atoms with E-state index in [9.17, 15) is 9.50 Å². The number of hydrogen-bond acceptors (Lipinski definition) is 7. The van der Waals surface area contributed by atoms with Crippen molar-refractivity contribution in [1.29, 1.82) is 0 Å². The van der Waals surface area contributed by atoms with Crippen molar-refractivity contribution < 1.29 is 14.2 Å². The summed E-state index contributed by atoms with van der Waals surface area (Å²) in [6, 6.07) is 14.6. The number of benzene rings is 2. The number of fused-ring (bicyclic) bond motifs is 1. The molecule has 0 aliphatic carbocycles. The van der Waals surface area contributed by atoms with Crippen molar-refractivity contribution in [2.24, 2.45) is 0 Å². The first-order chi connectivity index (χ1) is 17.1. The molecule has 4 aromatic rings. The van der Waals surface area contributed by atoms with Gasteiger partial charge in [-0.2, -0.15) is 0 Å². The van der Waals surface area contributed by atoms with Gasteiger partial charge in [-0.3, -0.25) is 0 Å². The van der Waals surface area contributed by atoms with Crippen LogP contribution < -0.4 is 15.0 Å². The van der Waals surface area contributed by atoms with Crippen LogP contribution in [0.25, 0.3) is 21.3 Å². The zero-order valence-corrected chi connectivity index (χ0v) is 20.6. The molecule has 1 atom stereocenters. The Kier molecular flexibility index (Phi) is 7.43. The summed E-state index contributed by atoms with van der Waals surface area (Å²) in [6.07, 6.45) is 2.69. The van der Waals surface area contributed by atoms with Crippen molar-refractivity contribution in [3.63, 3.8) is 0 Å². The Morgan fingerprint density at radius 1 is 1.17 bits per heavy atom. The Hall–Kier alpha value is -2.78. The molecule has 35 heavy (non-hydrogen) atoms. The third-order valence-electron chi connectivity index (χ3n) is 6.20. The number of thiophene rings is 1. The van der Waals surface area contributed by atoms with Crippen molar-refractivity contribution in [3.8, 4) is 16.9 Å². The van der Waals surface area contributed by atoms with Gasteiger partial charge < -0.3 is 20.1 Å². The Bertz CT molecular complexity index is 1280. The second-order valence-corrected chi connectivity index (χ2v) is 9.83. The summed E-state index contributed by atoms with van der Waals surface area (Å²) in [5.74, 6) is 0.734. The lowest BCUT2D eigenvalue weighted by molar-refractivity contribution is 0.109. The number of ether oxygens (including phenoxy) is 1. The second-order valence-electron chi connectivity index (χ2n) is 8.57. The van der Waals surface area contributed by atoms with Gasteiger partial charge >= 0.3 is 0 Å². The van der Waals surface area contributed by atoms with Gasteiger partial charge in [0.15, 0.2) is 0 Å². The van der Waals surface area contributed by atoms with Crippen molar-refractivity contribution in [1.82, 2.24) is 15.3 Å². The molecule has 1 unspecified atom stereocenters. The molecule has 6 nitrogen and oxygen atoms in total. The van der Waals surface area contributed by atoms with E-state index in [-0.39, 0.29) is 17.7 Å². The number of nitrogens with zero attached hydrogens (tertiary/aromatic N) is 3. The number of nitrogens with one attached hydrogen (secondary N) is 1. The maximum Gasteiger partial charge on any atom is 0.142 e. The van der Waals surface area contributed by atoms with Gasteiger partial charge in [-0.15, -0.1) is 11.3 Å². The zero-order chi connectivity index (χ0) is 24.2. The van der Waals surface area contributed by atoms with E-state index in [2.05, 4.69) is 32.7 Å². The largest absolute Gasteiger partial charge is 0.491 e. The number of aromatic nitrogens is 2. The minimum Gasteiger partial charge on any atom is -0.491 e. The highest BCUT2D eigenvalue weighted by Gasteiger charge is 2.28. The van der Waals surface area contributed by atoms with Crippen LogP contribution in [-0.2, 0) is 0 Å². The lowest BCUT2D eigenvalue weighted by atomic mass is 10.0. The molecular weight excluding hydrogens is 487 g/mol. The number of halogens is 2. The molecule has 0 radical (unpaired) electrons. The van der Waals surface area contributed by atoms with Crippen molar-refractivity contribution in [2.45, 2.75) is 25.0 Å². The maximum atomic E-state index is 13.5. The van der Waals surface area contributed by atoms with Crippen LogP contribution in [0.5, 0.6) is 5.75 Å². The fraction of sp³-hybridized carbons (Fsp3) is 0.308. The van der Waals surface area contributed by atoms with Crippen molar-refractivity contribution in [2.75, 3.05) is 31.1 Å². The van der Waals surface area contributed by atoms with Crippen LogP contribution in [0.4, 0.5) is 10.2 Å². The Labute approximate surface area is 212 Å². The molecule has 1 saturated heterocycles. The summed E-state index contributed by atoms with van der Waals surface area (Å²) >= 11 is 7.46. The minimum absolute atomic E-state index is 0.0115. The number of aliphatic hydroxyl groups excluding tert-OH is 1. The van der Waals surface area contributed by atoms with Gasteiger partial charge in [0.25, 0.3) is 0 Å². The standard InChI is InChI=1S/C26H26ClFN4O2S/c27-22-12-20(6-7-23(22)28)34-14-19(33)13-32(18-8-10-29-11-9-18)25-24-21(17-4-2-1-3-5-17)15-35-26(24)31-16-30-25/h1-7,12,15-16,18-19,29,33H,8-11,13-14H2. The molecule has 5 rings (SSSR count). The van der Waals surface area contributed by atoms with Crippen LogP contribution in [0.3, 0.4) is 0 Å². The molecule has 0 spiro atoms. The highest BCUT2D eigenvalue weighted by molar-refractivity contribution is 7.17. The summed E-state index contributed by atoms with van der Waals surface area (Å²) in [7, 11) is 0. The van der Waals surface area contributed by atoms with E-state index in [0.29, 0.717) is 12.3 Å². The molecule has 2 aromatic carbocycles. The first-order valence-electron chi connectivity index (χ1n) is 11.6. The average molecular weight is 513 g/mol. The molecule has 0 amide bonds. The van der Waals surface area contributed by atoms with Gasteiger partial charge in [0.05, 0.1) is 10.4 Å². The lowest BCUT2D eigenvalue weighted by Crippen LogP contribution is -2.47. The predicted molar refractivity (Wildman–Crippen MR) is 139 cm³/mol. The third kappa shape index (κ3) is 5.41. The van der Waals surface area contributed by atoms with Crippen LogP contribution in [0.2, 0.25) is 5.02 Å². The molecule has 2 N–H and O–H groups in total. The molecule has 9 heteroatoms. The molecular formula is C26H26ClFN4O2S. The Balaban J connectivity index is 1.44. The number of anilines is 1. The Morgan fingerprint density at radius 2 is 1.97 bits per heavy atom. The maximum absolute atomic E-state index is 13.5. The van der Waals surface area contributed by atoms with E-state index in [0.717, 1.165) is 53.1 Å². The highest BCUT2D eigenvalue weighted by atomic mass is 35.5. The van der Waals surface area contributed by atoms with Crippen LogP contribution >= 0.6 is 22.9 Å². The molecule has 182 valence electrons. The molecule has 1 aliphatic heterocycles. The van der Waals surface area contributed by atoms with Crippen LogP contribution in [0, 0.1) is 5.82 Å². The third-order valence-corrected chi connectivity index (χ3v) is 7.37. The van der Waals surface area contributed by atoms with Crippen LogP contribution in [0.1, 0.15) is 12.8 Å². The number of piperidine rings is 1. The van der Waals surface area contributed by atoms with Crippen LogP contribution in [-0.4, -0.2) is 53.5 Å². The number of rotatable bonds is 8.